The van der Waals surface area contributed by atoms with Crippen LogP contribution in [-0.4, -0.2) is 9.97 Å². The Balaban J connectivity index is 0.947. The average Bonchev–Trinajstić information content (AvgIpc) is 3.64. The van der Waals surface area contributed by atoms with Crippen molar-refractivity contribution in [3.8, 4) is 56.4 Å². The molecule has 0 radical (unpaired) electrons. The smallest absolute Gasteiger partial charge is 0.160 e. The third kappa shape index (κ3) is 5.09. The molecule has 0 unspecified atom stereocenters. The van der Waals surface area contributed by atoms with E-state index in [0.29, 0.717) is 5.82 Å². The second-order valence-electron chi connectivity index (χ2n) is 16.0. The molecule has 13 rings (SSSR count). The Morgan fingerprint density at radius 3 is 1.77 bits per heavy atom. The van der Waals surface area contributed by atoms with Gasteiger partial charge in [-0.25, -0.2) is 9.97 Å². The molecule has 0 fully saturated rings. The molecule has 62 heavy (non-hydrogen) atoms. The highest BCUT2D eigenvalue weighted by atomic mass is 32.2. The number of benzene rings is 9. The summed E-state index contributed by atoms with van der Waals surface area (Å²) in [6, 6.07) is 75.9. The van der Waals surface area contributed by atoms with Crippen LogP contribution in [0.5, 0.6) is 11.5 Å². The third-order valence-electron chi connectivity index (χ3n) is 12.7. The Hall–Kier alpha value is -7.73. The molecular formula is C57H35N3OS. The Morgan fingerprint density at radius 1 is 0.435 bits per heavy atom. The number of anilines is 3. The van der Waals surface area contributed by atoms with Crippen LogP contribution in [0, 0.1) is 0 Å². The van der Waals surface area contributed by atoms with Gasteiger partial charge in [-0.2, -0.15) is 0 Å². The fourth-order valence-corrected chi connectivity index (χ4v) is 11.2. The van der Waals surface area contributed by atoms with Crippen molar-refractivity contribution in [2.75, 3.05) is 4.90 Å². The highest BCUT2D eigenvalue weighted by Crippen LogP contribution is 2.64. The summed E-state index contributed by atoms with van der Waals surface area (Å²) in [5, 5.41) is 1.02. The van der Waals surface area contributed by atoms with E-state index in [2.05, 4.69) is 217 Å². The number of nitrogens with zero attached hydrogens (tertiary/aromatic N) is 3. The lowest BCUT2D eigenvalue weighted by atomic mass is 9.64. The van der Waals surface area contributed by atoms with Crippen LogP contribution in [0.4, 0.5) is 17.1 Å². The van der Waals surface area contributed by atoms with Crippen LogP contribution in [0.2, 0.25) is 0 Å². The summed E-state index contributed by atoms with van der Waals surface area (Å²) in [5.41, 5.74) is 16.4. The molecule has 5 heteroatoms. The second kappa shape index (κ2) is 13.6. The van der Waals surface area contributed by atoms with E-state index in [1.807, 2.05) is 11.8 Å². The molecule has 0 saturated heterocycles. The zero-order valence-corrected chi connectivity index (χ0v) is 34.2. The molecule has 0 saturated carbocycles. The van der Waals surface area contributed by atoms with Crippen LogP contribution in [0.15, 0.2) is 222 Å². The van der Waals surface area contributed by atoms with Gasteiger partial charge in [0.05, 0.1) is 28.0 Å². The van der Waals surface area contributed by atoms with E-state index < -0.39 is 5.41 Å². The zero-order valence-electron chi connectivity index (χ0n) is 33.4. The molecular weight excluding hydrogens is 775 g/mol. The first-order valence-electron chi connectivity index (χ1n) is 21.0. The molecule has 3 heterocycles. The summed E-state index contributed by atoms with van der Waals surface area (Å²) < 4.78 is 6.63. The molecule has 0 N–H and O–H groups in total. The molecule has 0 atom stereocenters. The maximum absolute atomic E-state index is 6.63. The number of fused-ring (bicyclic) bond motifs is 12. The summed E-state index contributed by atoms with van der Waals surface area (Å²) in [6.45, 7) is 0. The van der Waals surface area contributed by atoms with Gasteiger partial charge in [0.15, 0.2) is 5.82 Å². The lowest BCUT2D eigenvalue weighted by Crippen LogP contribution is -2.32. The lowest BCUT2D eigenvalue weighted by molar-refractivity contribution is 0.436. The normalized spacial score (nSPS) is 13.6. The molecule has 10 aromatic rings. The van der Waals surface area contributed by atoms with Crippen molar-refractivity contribution in [1.29, 1.82) is 0 Å². The average molecular weight is 810 g/mol. The van der Waals surface area contributed by atoms with E-state index in [9.17, 15) is 0 Å². The van der Waals surface area contributed by atoms with Crippen molar-refractivity contribution >= 4 is 39.7 Å². The van der Waals surface area contributed by atoms with E-state index >= 15 is 0 Å². The quantitative estimate of drug-likeness (QED) is 0.177. The van der Waals surface area contributed by atoms with Gasteiger partial charge in [-0.05, 0) is 88.0 Å². The van der Waals surface area contributed by atoms with Gasteiger partial charge in [-0.3, -0.25) is 0 Å². The molecule has 1 spiro atoms. The summed E-state index contributed by atoms with van der Waals surface area (Å²) in [6.07, 6.45) is 0. The minimum atomic E-state index is -0.559. The minimum Gasteiger partial charge on any atom is -0.457 e. The van der Waals surface area contributed by atoms with Crippen LogP contribution in [-0.2, 0) is 5.41 Å². The van der Waals surface area contributed by atoms with Gasteiger partial charge in [0.1, 0.15) is 11.5 Å². The fraction of sp³-hybridized carbons (Fsp3) is 0.0175. The summed E-state index contributed by atoms with van der Waals surface area (Å²) in [5.74, 6) is 2.47. The number of hydrogen-bond donors (Lipinski definition) is 0. The third-order valence-corrected chi connectivity index (χ3v) is 13.9. The Morgan fingerprint density at radius 2 is 1.02 bits per heavy atom. The molecule has 2 aliphatic heterocycles. The summed E-state index contributed by atoms with van der Waals surface area (Å²) in [7, 11) is 0. The van der Waals surface area contributed by atoms with E-state index in [-0.39, 0.29) is 0 Å². The van der Waals surface area contributed by atoms with Crippen LogP contribution >= 0.6 is 11.8 Å². The Kier molecular flexibility index (Phi) is 7.72. The summed E-state index contributed by atoms with van der Waals surface area (Å²) in [4.78, 5) is 15.4. The van der Waals surface area contributed by atoms with E-state index in [1.54, 1.807) is 0 Å². The largest absolute Gasteiger partial charge is 0.457 e. The van der Waals surface area contributed by atoms with Gasteiger partial charge in [0, 0.05) is 43.1 Å². The molecule has 1 aromatic heterocycles. The maximum Gasteiger partial charge on any atom is 0.160 e. The minimum absolute atomic E-state index is 0.559. The van der Waals surface area contributed by atoms with Gasteiger partial charge >= 0.3 is 0 Å². The Bertz CT molecular complexity index is 3360. The predicted octanol–water partition coefficient (Wildman–Crippen LogP) is 15.0. The number of rotatable bonds is 4. The van der Waals surface area contributed by atoms with Crippen molar-refractivity contribution in [3.05, 3.63) is 235 Å². The van der Waals surface area contributed by atoms with Gasteiger partial charge in [0.2, 0.25) is 0 Å². The SMILES string of the molecule is c1cc(-c2nc(-c3ccc(-c4cccc5c4C4(c6ccccc6Oc6ccccc64)c4ccccc4-5)cc3)c3ccccc3n2)cc(N2c3ccccc3Sc3ccccc32)c1. The Labute approximate surface area is 363 Å². The number of aromatic nitrogens is 2. The van der Waals surface area contributed by atoms with E-state index in [0.717, 1.165) is 73.0 Å². The van der Waals surface area contributed by atoms with Gasteiger partial charge < -0.3 is 9.64 Å². The molecule has 290 valence electrons. The predicted molar refractivity (Wildman–Crippen MR) is 252 cm³/mol. The van der Waals surface area contributed by atoms with Gasteiger partial charge in [0.25, 0.3) is 0 Å². The first kappa shape index (κ1) is 35.1. The van der Waals surface area contributed by atoms with E-state index in [4.69, 9.17) is 14.7 Å². The van der Waals surface area contributed by atoms with Gasteiger partial charge in [-0.1, -0.05) is 169 Å². The topological polar surface area (TPSA) is 38.3 Å². The van der Waals surface area contributed by atoms with Crippen molar-refractivity contribution in [2.24, 2.45) is 0 Å². The fourth-order valence-electron chi connectivity index (χ4n) is 10.2. The highest BCUT2D eigenvalue weighted by Gasteiger charge is 2.52. The highest BCUT2D eigenvalue weighted by molar-refractivity contribution is 7.99. The van der Waals surface area contributed by atoms with Crippen molar-refractivity contribution in [1.82, 2.24) is 9.97 Å². The summed E-state index contributed by atoms with van der Waals surface area (Å²) >= 11 is 1.81. The number of hydrogen-bond acceptors (Lipinski definition) is 5. The second-order valence-corrected chi connectivity index (χ2v) is 17.1. The molecule has 1 aliphatic carbocycles. The zero-order chi connectivity index (χ0) is 40.8. The molecule has 0 amide bonds. The molecule has 3 aliphatic rings. The lowest BCUT2D eigenvalue weighted by Gasteiger charge is -2.40. The van der Waals surface area contributed by atoms with Gasteiger partial charge in [-0.15, -0.1) is 0 Å². The maximum atomic E-state index is 6.63. The van der Waals surface area contributed by atoms with Crippen LogP contribution in [0.1, 0.15) is 22.3 Å². The van der Waals surface area contributed by atoms with Crippen molar-refractivity contribution in [2.45, 2.75) is 15.2 Å². The molecule has 9 aromatic carbocycles. The van der Waals surface area contributed by atoms with Crippen LogP contribution in [0.25, 0.3) is 55.8 Å². The molecule has 4 nitrogen and oxygen atoms in total. The van der Waals surface area contributed by atoms with Crippen LogP contribution < -0.4 is 9.64 Å². The number of ether oxygens (including phenoxy) is 1. The van der Waals surface area contributed by atoms with Crippen LogP contribution in [0.3, 0.4) is 0 Å². The molecule has 0 bridgehead atoms. The first-order valence-corrected chi connectivity index (χ1v) is 21.8. The standard InChI is InChI=1S/C57H35N3OS/c1-3-21-44-41(17-1)42-20-14-19-40(54(42)57(44)45-22-4-9-27-50(45)61-51-28-10-5-23-46(51)57)36-31-33-37(34-32-36)55-43-18-2-6-24-47(43)58-56(59-55)38-15-13-16-39(35-38)60-48-25-7-11-29-52(48)62-53-30-12-8-26-49(53)60/h1-35H. The van der Waals surface area contributed by atoms with E-state index in [1.165, 1.54) is 37.6 Å². The van der Waals surface area contributed by atoms with Crippen molar-refractivity contribution < 1.29 is 4.74 Å². The van der Waals surface area contributed by atoms with Crippen molar-refractivity contribution in [3.63, 3.8) is 0 Å². The number of para-hydroxylation sites is 5. The monoisotopic (exact) mass is 809 g/mol. The first-order chi connectivity index (χ1) is 30.7.